The van der Waals surface area contributed by atoms with Crippen LogP contribution in [0.1, 0.15) is 41.6 Å². The molecule has 3 aromatic heterocycles. The van der Waals surface area contributed by atoms with Crippen molar-refractivity contribution in [3.8, 4) is 16.8 Å². The Bertz CT molecular complexity index is 1900. The van der Waals surface area contributed by atoms with E-state index in [4.69, 9.17) is 11.5 Å². The first-order valence-corrected chi connectivity index (χ1v) is 14.1. The van der Waals surface area contributed by atoms with E-state index in [9.17, 15) is 27.9 Å². The molecule has 1 atom stereocenters. The molecule has 2 aromatic carbocycles. The van der Waals surface area contributed by atoms with Crippen molar-refractivity contribution in [3.05, 3.63) is 84.3 Å². The highest BCUT2D eigenvalue weighted by Crippen LogP contribution is 2.42. The number of anilines is 1. The fourth-order valence-corrected chi connectivity index (χ4v) is 6.08. The van der Waals surface area contributed by atoms with E-state index >= 15 is 0 Å². The van der Waals surface area contributed by atoms with Crippen LogP contribution in [0, 0.1) is 5.92 Å². The van der Waals surface area contributed by atoms with Crippen molar-refractivity contribution >= 4 is 39.5 Å². The number of aliphatic carboxylic acids is 1. The first-order chi connectivity index (χ1) is 21.0. The number of para-hydroxylation sites is 1. The van der Waals surface area contributed by atoms with Crippen LogP contribution in [0.3, 0.4) is 0 Å². The van der Waals surface area contributed by atoms with Gasteiger partial charge in [0.2, 0.25) is 0 Å². The van der Waals surface area contributed by atoms with Crippen LogP contribution in [-0.2, 0) is 11.0 Å². The lowest BCUT2D eigenvalue weighted by Crippen LogP contribution is -2.41. The summed E-state index contributed by atoms with van der Waals surface area (Å²) in [5.74, 6) is -1.91. The third-order valence-electron chi connectivity index (χ3n) is 8.36. The molecular weight excluding hydrogens is 573 g/mol. The maximum Gasteiger partial charge on any atom is 0.418 e. The lowest BCUT2D eigenvalue weighted by molar-refractivity contribution is -0.140. The molecule has 1 fully saturated rings. The number of nitrogens with zero attached hydrogens (tertiary/aromatic N) is 3. The molecule has 5 aromatic rings. The van der Waals surface area contributed by atoms with Gasteiger partial charge in [-0.2, -0.15) is 13.2 Å². The summed E-state index contributed by atoms with van der Waals surface area (Å²) in [5.41, 5.74) is 13.2. The second-order valence-corrected chi connectivity index (χ2v) is 11.1. The fraction of sp³-hybridized carbons (Fsp3) is 0.250. The molecule has 1 saturated carbocycles. The van der Waals surface area contributed by atoms with Gasteiger partial charge in [-0.25, -0.2) is 4.98 Å². The number of pyridine rings is 2. The molecule has 0 bridgehead atoms. The molecule has 226 valence electrons. The number of carbonyl (C=O) groups is 2. The number of nitrogens with one attached hydrogen (secondary N) is 1. The molecule has 1 aliphatic carbocycles. The summed E-state index contributed by atoms with van der Waals surface area (Å²) in [7, 11) is 0. The van der Waals surface area contributed by atoms with Crippen LogP contribution < -0.4 is 16.8 Å². The highest BCUT2D eigenvalue weighted by Gasteiger charge is 2.37. The SMILES string of the molecule is NC(=O)c1ccc(-n2cc(C(F)(F)F)c3c(-c4cnc5ccccc5c4)ccnc32)cc1NC1CCC(C(N)C(=O)O)CC1. The quantitative estimate of drug-likeness (QED) is 0.186. The molecule has 6 N–H and O–H groups in total. The predicted octanol–water partition coefficient (Wildman–Crippen LogP) is 5.74. The number of carbonyl (C=O) groups excluding carboxylic acids is 1. The average Bonchev–Trinajstić information content (AvgIpc) is 3.41. The monoisotopic (exact) mass is 602 g/mol. The van der Waals surface area contributed by atoms with Gasteiger partial charge in [-0.15, -0.1) is 0 Å². The number of alkyl halides is 3. The van der Waals surface area contributed by atoms with Crippen molar-refractivity contribution in [3.63, 3.8) is 0 Å². The number of primary amides is 1. The van der Waals surface area contributed by atoms with E-state index < -0.39 is 29.7 Å². The Morgan fingerprint density at radius 3 is 2.48 bits per heavy atom. The van der Waals surface area contributed by atoms with Crippen LogP contribution in [0.2, 0.25) is 0 Å². The first kappa shape index (κ1) is 29.1. The minimum atomic E-state index is -4.69. The van der Waals surface area contributed by atoms with E-state index in [0.717, 1.165) is 17.1 Å². The molecule has 1 amide bonds. The van der Waals surface area contributed by atoms with Crippen LogP contribution in [0.15, 0.2) is 73.2 Å². The van der Waals surface area contributed by atoms with Gasteiger partial charge in [-0.05, 0) is 73.6 Å². The molecule has 3 heterocycles. The van der Waals surface area contributed by atoms with Gasteiger partial charge in [-0.1, -0.05) is 18.2 Å². The molecule has 6 rings (SSSR count). The van der Waals surface area contributed by atoms with Gasteiger partial charge >= 0.3 is 12.1 Å². The van der Waals surface area contributed by atoms with Gasteiger partial charge in [0.15, 0.2) is 0 Å². The topological polar surface area (TPSA) is 149 Å². The van der Waals surface area contributed by atoms with Gasteiger partial charge in [-0.3, -0.25) is 14.6 Å². The largest absolute Gasteiger partial charge is 0.480 e. The number of hydrogen-bond donors (Lipinski definition) is 4. The number of aromatic nitrogens is 3. The lowest BCUT2D eigenvalue weighted by Gasteiger charge is -2.32. The van der Waals surface area contributed by atoms with E-state index in [2.05, 4.69) is 15.3 Å². The molecule has 0 radical (unpaired) electrons. The smallest absolute Gasteiger partial charge is 0.418 e. The number of nitrogens with two attached hydrogens (primary N) is 2. The van der Waals surface area contributed by atoms with Crippen LogP contribution in [0.4, 0.5) is 18.9 Å². The third kappa shape index (κ3) is 5.44. The maximum absolute atomic E-state index is 14.5. The number of benzene rings is 2. The minimum absolute atomic E-state index is 0.0707. The Balaban J connectivity index is 1.42. The van der Waals surface area contributed by atoms with Crippen molar-refractivity contribution < 1.29 is 27.9 Å². The fourth-order valence-electron chi connectivity index (χ4n) is 6.08. The molecular formula is C32H29F3N6O3. The van der Waals surface area contributed by atoms with Gasteiger partial charge in [0.05, 0.1) is 16.6 Å². The number of fused-ring (bicyclic) bond motifs is 2. The van der Waals surface area contributed by atoms with Crippen LogP contribution in [0.25, 0.3) is 38.8 Å². The Morgan fingerprint density at radius 2 is 1.77 bits per heavy atom. The Labute approximate surface area is 249 Å². The van der Waals surface area contributed by atoms with Crippen LogP contribution >= 0.6 is 0 Å². The number of rotatable bonds is 7. The first-order valence-electron chi connectivity index (χ1n) is 14.1. The molecule has 44 heavy (non-hydrogen) atoms. The minimum Gasteiger partial charge on any atom is -0.480 e. The van der Waals surface area contributed by atoms with E-state index in [1.54, 1.807) is 24.4 Å². The summed E-state index contributed by atoms with van der Waals surface area (Å²) < 4.78 is 44.9. The lowest BCUT2D eigenvalue weighted by atomic mass is 9.81. The normalized spacial score (nSPS) is 17.9. The summed E-state index contributed by atoms with van der Waals surface area (Å²) >= 11 is 0. The number of hydrogen-bond acceptors (Lipinski definition) is 6. The average molecular weight is 603 g/mol. The number of halogens is 3. The third-order valence-corrected chi connectivity index (χ3v) is 8.36. The summed E-state index contributed by atoms with van der Waals surface area (Å²) in [6, 6.07) is 14.2. The van der Waals surface area contributed by atoms with E-state index in [0.29, 0.717) is 48.2 Å². The van der Waals surface area contributed by atoms with E-state index in [1.165, 1.54) is 22.9 Å². The van der Waals surface area contributed by atoms with Gasteiger partial charge in [0.1, 0.15) is 11.7 Å². The van der Waals surface area contributed by atoms with Crippen LogP contribution in [0.5, 0.6) is 0 Å². The highest BCUT2D eigenvalue weighted by molar-refractivity contribution is 6.00. The highest BCUT2D eigenvalue weighted by atomic mass is 19.4. The van der Waals surface area contributed by atoms with Crippen LogP contribution in [-0.4, -0.2) is 43.6 Å². The van der Waals surface area contributed by atoms with Gasteiger partial charge < -0.3 is 26.5 Å². The number of carboxylic acids is 1. The second kappa shape index (κ2) is 11.3. The Morgan fingerprint density at radius 1 is 1.02 bits per heavy atom. The maximum atomic E-state index is 14.5. The van der Waals surface area contributed by atoms with Crippen molar-refractivity contribution in [2.75, 3.05) is 5.32 Å². The zero-order chi connectivity index (χ0) is 31.2. The standard InChI is InChI=1S/C32H29F3N6O3/c33-32(34,35)24-16-41(30-27(24)22(11-12-38-30)19-13-18-3-1-2-4-25(18)39-15-19)21-9-10-23(29(37)42)26(14-21)40-20-7-5-17(6-8-20)28(36)31(43)44/h1-4,9-17,20,28,40H,5-8,36H2,(H2,37,42)(H,43,44). The summed E-state index contributed by atoms with van der Waals surface area (Å²) in [5, 5.41) is 13.3. The zero-order valence-electron chi connectivity index (χ0n) is 23.4. The molecule has 0 aliphatic heterocycles. The molecule has 9 nitrogen and oxygen atoms in total. The number of carboxylic acid groups (broad SMARTS) is 1. The Kier molecular flexibility index (Phi) is 7.46. The summed E-state index contributed by atoms with van der Waals surface area (Å²) in [6.07, 6.45) is 1.69. The Hall–Kier alpha value is -4.97. The van der Waals surface area contributed by atoms with Crippen molar-refractivity contribution in [2.24, 2.45) is 17.4 Å². The van der Waals surface area contributed by atoms with Gasteiger partial charge in [0, 0.05) is 52.3 Å². The van der Waals surface area contributed by atoms with Crippen molar-refractivity contribution in [1.82, 2.24) is 14.5 Å². The van der Waals surface area contributed by atoms with Gasteiger partial charge in [0.25, 0.3) is 5.91 Å². The number of amides is 1. The second-order valence-electron chi connectivity index (χ2n) is 11.1. The molecule has 1 unspecified atom stereocenters. The molecule has 1 aliphatic rings. The molecule has 0 spiro atoms. The molecule has 12 heteroatoms. The van der Waals surface area contributed by atoms with E-state index in [-0.39, 0.29) is 28.6 Å². The van der Waals surface area contributed by atoms with Crippen molar-refractivity contribution in [1.29, 1.82) is 0 Å². The summed E-state index contributed by atoms with van der Waals surface area (Å²) in [6.45, 7) is 0. The predicted molar refractivity (Wildman–Crippen MR) is 160 cm³/mol. The summed E-state index contributed by atoms with van der Waals surface area (Å²) in [4.78, 5) is 32.4. The van der Waals surface area contributed by atoms with E-state index in [1.807, 2.05) is 24.3 Å². The van der Waals surface area contributed by atoms with Crippen molar-refractivity contribution in [2.45, 2.75) is 43.9 Å². The molecule has 0 saturated heterocycles. The zero-order valence-corrected chi connectivity index (χ0v) is 23.4.